The van der Waals surface area contributed by atoms with Crippen molar-refractivity contribution in [1.29, 1.82) is 0 Å². The molecule has 1 unspecified atom stereocenters. The number of nitrogens with zero attached hydrogens (tertiary/aromatic N) is 1. The van der Waals surface area contributed by atoms with Crippen LogP contribution >= 0.6 is 0 Å². The van der Waals surface area contributed by atoms with Gasteiger partial charge in [-0.3, -0.25) is 4.90 Å². The fourth-order valence-electron chi connectivity index (χ4n) is 1.93. The predicted octanol–water partition coefficient (Wildman–Crippen LogP) is 2.49. The van der Waals surface area contributed by atoms with Crippen LogP contribution in [0.25, 0.3) is 0 Å². The van der Waals surface area contributed by atoms with Gasteiger partial charge >= 0.3 is 0 Å². The molecule has 1 atom stereocenters. The Morgan fingerprint density at radius 2 is 1.64 bits per heavy atom. The van der Waals surface area contributed by atoms with Gasteiger partial charge in [0.15, 0.2) is 0 Å². The van der Waals surface area contributed by atoms with E-state index < -0.39 is 0 Å². The zero-order chi connectivity index (χ0) is 11.1. The minimum atomic E-state index is 0.608. The third kappa shape index (κ3) is 5.61. The van der Waals surface area contributed by atoms with Gasteiger partial charge in [-0.2, -0.15) is 0 Å². The highest BCUT2D eigenvalue weighted by Gasteiger charge is 2.14. The molecule has 1 N–H and O–H groups in total. The standard InChI is InChI=1S/C12H28N2/c1-7-14(11(4)5)12(6)8-9-13-10(2)3/h10-13H,7-9H2,1-6H3. The Bertz CT molecular complexity index is 132. The molecule has 0 aromatic carbocycles. The van der Waals surface area contributed by atoms with E-state index in [-0.39, 0.29) is 0 Å². The molecule has 0 bridgehead atoms. The molecule has 86 valence electrons. The van der Waals surface area contributed by atoms with E-state index in [1.807, 2.05) is 0 Å². The van der Waals surface area contributed by atoms with Crippen molar-refractivity contribution >= 4 is 0 Å². The first-order chi connectivity index (χ1) is 6.49. The SMILES string of the molecule is CCN(C(C)C)C(C)CCNC(C)C. The van der Waals surface area contributed by atoms with Gasteiger partial charge in [-0.15, -0.1) is 0 Å². The lowest BCUT2D eigenvalue weighted by molar-refractivity contribution is 0.164. The quantitative estimate of drug-likeness (QED) is 0.679. The summed E-state index contributed by atoms with van der Waals surface area (Å²) in [5.41, 5.74) is 0. The molecule has 0 heterocycles. The summed E-state index contributed by atoms with van der Waals surface area (Å²) in [5.74, 6) is 0. The van der Waals surface area contributed by atoms with E-state index in [2.05, 4.69) is 51.8 Å². The van der Waals surface area contributed by atoms with E-state index in [1.165, 1.54) is 6.42 Å². The largest absolute Gasteiger partial charge is 0.314 e. The fraction of sp³-hybridized carbons (Fsp3) is 1.00. The summed E-state index contributed by atoms with van der Waals surface area (Å²) in [4.78, 5) is 2.54. The minimum absolute atomic E-state index is 0.608. The summed E-state index contributed by atoms with van der Waals surface area (Å²) in [5, 5.41) is 3.47. The molecule has 2 nitrogen and oxygen atoms in total. The lowest BCUT2D eigenvalue weighted by Gasteiger charge is -2.31. The molecule has 0 aliphatic rings. The Morgan fingerprint density at radius 3 is 2.00 bits per heavy atom. The third-order valence-electron chi connectivity index (χ3n) is 2.71. The minimum Gasteiger partial charge on any atom is -0.314 e. The van der Waals surface area contributed by atoms with Crippen LogP contribution in [-0.2, 0) is 0 Å². The maximum absolute atomic E-state index is 3.47. The van der Waals surface area contributed by atoms with Crippen LogP contribution in [0.1, 0.15) is 48.0 Å². The fourth-order valence-corrected chi connectivity index (χ4v) is 1.93. The van der Waals surface area contributed by atoms with E-state index >= 15 is 0 Å². The van der Waals surface area contributed by atoms with Gasteiger partial charge in [-0.05, 0) is 40.3 Å². The van der Waals surface area contributed by atoms with Crippen molar-refractivity contribution in [2.75, 3.05) is 13.1 Å². The molecule has 0 aromatic rings. The van der Waals surface area contributed by atoms with Gasteiger partial charge in [0.25, 0.3) is 0 Å². The van der Waals surface area contributed by atoms with E-state index in [0.29, 0.717) is 18.1 Å². The summed E-state index contributed by atoms with van der Waals surface area (Å²) in [6.45, 7) is 15.8. The summed E-state index contributed by atoms with van der Waals surface area (Å²) in [7, 11) is 0. The van der Waals surface area contributed by atoms with Crippen molar-refractivity contribution in [3.8, 4) is 0 Å². The Labute approximate surface area is 90.1 Å². The van der Waals surface area contributed by atoms with Crippen LogP contribution in [0.4, 0.5) is 0 Å². The van der Waals surface area contributed by atoms with Crippen molar-refractivity contribution in [3.05, 3.63) is 0 Å². The zero-order valence-electron chi connectivity index (χ0n) is 10.8. The monoisotopic (exact) mass is 200 g/mol. The van der Waals surface area contributed by atoms with Crippen molar-refractivity contribution in [2.24, 2.45) is 0 Å². The second kappa shape index (κ2) is 7.24. The van der Waals surface area contributed by atoms with Crippen LogP contribution in [0, 0.1) is 0 Å². The molecule has 0 spiro atoms. The molecule has 0 radical (unpaired) electrons. The number of rotatable bonds is 7. The van der Waals surface area contributed by atoms with Gasteiger partial charge in [0.1, 0.15) is 0 Å². The molecule has 0 rings (SSSR count). The Hall–Kier alpha value is -0.0800. The highest BCUT2D eigenvalue weighted by Crippen LogP contribution is 2.07. The Morgan fingerprint density at radius 1 is 1.07 bits per heavy atom. The molecular weight excluding hydrogens is 172 g/mol. The lowest BCUT2D eigenvalue weighted by atomic mass is 10.1. The summed E-state index contributed by atoms with van der Waals surface area (Å²) < 4.78 is 0. The molecule has 0 aliphatic heterocycles. The van der Waals surface area contributed by atoms with Crippen molar-refractivity contribution in [1.82, 2.24) is 10.2 Å². The first-order valence-corrected chi connectivity index (χ1v) is 5.98. The lowest BCUT2D eigenvalue weighted by Crippen LogP contribution is -2.40. The van der Waals surface area contributed by atoms with E-state index in [4.69, 9.17) is 0 Å². The summed E-state index contributed by atoms with van der Waals surface area (Å²) in [6, 6.07) is 1.96. The molecule has 0 saturated heterocycles. The van der Waals surface area contributed by atoms with Gasteiger partial charge in [-0.1, -0.05) is 20.8 Å². The van der Waals surface area contributed by atoms with Gasteiger partial charge in [0.2, 0.25) is 0 Å². The van der Waals surface area contributed by atoms with E-state index in [1.54, 1.807) is 0 Å². The smallest absolute Gasteiger partial charge is 0.00815 e. The zero-order valence-corrected chi connectivity index (χ0v) is 10.8. The molecule has 0 aromatic heterocycles. The number of hydrogen-bond donors (Lipinski definition) is 1. The second-order valence-electron chi connectivity index (χ2n) is 4.67. The van der Waals surface area contributed by atoms with E-state index in [9.17, 15) is 0 Å². The van der Waals surface area contributed by atoms with Crippen LogP contribution < -0.4 is 5.32 Å². The van der Waals surface area contributed by atoms with Gasteiger partial charge in [-0.25, -0.2) is 0 Å². The molecule has 0 saturated carbocycles. The molecule has 2 heteroatoms. The average molecular weight is 200 g/mol. The predicted molar refractivity (Wildman–Crippen MR) is 64.7 cm³/mol. The van der Waals surface area contributed by atoms with Crippen LogP contribution in [-0.4, -0.2) is 36.1 Å². The number of hydrogen-bond acceptors (Lipinski definition) is 2. The molecule has 0 amide bonds. The summed E-state index contributed by atoms with van der Waals surface area (Å²) in [6.07, 6.45) is 1.24. The highest BCUT2D eigenvalue weighted by molar-refractivity contribution is 4.70. The first kappa shape index (κ1) is 13.9. The van der Waals surface area contributed by atoms with Gasteiger partial charge < -0.3 is 5.32 Å². The molecule has 0 fully saturated rings. The Kier molecular flexibility index (Phi) is 7.20. The third-order valence-corrected chi connectivity index (χ3v) is 2.71. The van der Waals surface area contributed by atoms with Crippen LogP contribution in [0.15, 0.2) is 0 Å². The van der Waals surface area contributed by atoms with Crippen molar-refractivity contribution in [3.63, 3.8) is 0 Å². The van der Waals surface area contributed by atoms with E-state index in [0.717, 1.165) is 13.1 Å². The molecule has 14 heavy (non-hydrogen) atoms. The molecular formula is C12H28N2. The highest BCUT2D eigenvalue weighted by atomic mass is 15.2. The first-order valence-electron chi connectivity index (χ1n) is 5.98. The maximum Gasteiger partial charge on any atom is 0.00815 e. The van der Waals surface area contributed by atoms with Gasteiger partial charge in [0, 0.05) is 18.1 Å². The van der Waals surface area contributed by atoms with Crippen LogP contribution in [0.5, 0.6) is 0 Å². The maximum atomic E-state index is 3.47. The van der Waals surface area contributed by atoms with Crippen molar-refractivity contribution in [2.45, 2.75) is 66.1 Å². The number of nitrogens with one attached hydrogen (secondary N) is 1. The van der Waals surface area contributed by atoms with Gasteiger partial charge in [0.05, 0.1) is 0 Å². The normalized spacial score (nSPS) is 14.4. The topological polar surface area (TPSA) is 15.3 Å². The molecule has 0 aliphatic carbocycles. The van der Waals surface area contributed by atoms with Crippen LogP contribution in [0.3, 0.4) is 0 Å². The Balaban J connectivity index is 3.75. The average Bonchev–Trinajstić information content (AvgIpc) is 2.03. The van der Waals surface area contributed by atoms with Crippen LogP contribution in [0.2, 0.25) is 0 Å². The second-order valence-corrected chi connectivity index (χ2v) is 4.67. The summed E-state index contributed by atoms with van der Waals surface area (Å²) >= 11 is 0. The van der Waals surface area contributed by atoms with Crippen molar-refractivity contribution < 1.29 is 0 Å².